The number of halogens is 3. The summed E-state index contributed by atoms with van der Waals surface area (Å²) in [6.45, 7) is 7.57. The third kappa shape index (κ3) is 7.23. The fraction of sp³-hybridized carbons (Fsp3) is 0.500. The summed E-state index contributed by atoms with van der Waals surface area (Å²) in [4.78, 5) is 28.1. The summed E-state index contributed by atoms with van der Waals surface area (Å²) in [7, 11) is 0. The maximum absolute atomic E-state index is 14.2. The van der Waals surface area contributed by atoms with Crippen LogP contribution in [0, 0.1) is 0 Å². The highest BCUT2D eigenvalue weighted by atomic mass is 35.5. The number of rotatable bonds is 14. The van der Waals surface area contributed by atoms with Crippen molar-refractivity contribution in [3.05, 3.63) is 63.9 Å². The molecule has 2 N–H and O–H groups in total. The van der Waals surface area contributed by atoms with Crippen LogP contribution in [0.25, 0.3) is 0 Å². The van der Waals surface area contributed by atoms with Crippen LogP contribution in [0.15, 0.2) is 36.4 Å². The number of carbonyl (C=O) groups excluding carboxylic acids is 2. The molecule has 1 aliphatic rings. The predicted octanol–water partition coefficient (Wildman–Crippen LogP) is 6.27. The summed E-state index contributed by atoms with van der Waals surface area (Å²) in [6.07, 6.45) is 0.898. The van der Waals surface area contributed by atoms with E-state index in [1.54, 1.807) is 31.7 Å². The van der Waals surface area contributed by atoms with Crippen LogP contribution in [0.1, 0.15) is 86.7 Å². The lowest BCUT2D eigenvalue weighted by Crippen LogP contribution is -2.62. The molecule has 2 aromatic carbocycles. The van der Waals surface area contributed by atoms with E-state index in [1.807, 2.05) is 30.3 Å². The molecule has 232 valence electrons. The van der Waals surface area contributed by atoms with Crippen LogP contribution in [0.4, 0.5) is 13.6 Å². The maximum Gasteiger partial charge on any atom is 0.318 e. The number of hydrogen-bond acceptors (Lipinski definition) is 7. The van der Waals surface area contributed by atoms with Gasteiger partial charge in [0.05, 0.1) is 24.3 Å². The zero-order valence-electron chi connectivity index (χ0n) is 24.8. The third-order valence-electron chi connectivity index (χ3n) is 7.53. The second-order valence-electron chi connectivity index (χ2n) is 10.7. The zero-order valence-corrected chi connectivity index (χ0v) is 25.5. The van der Waals surface area contributed by atoms with Crippen molar-refractivity contribution >= 4 is 23.4 Å². The number of nitrogens with one attached hydrogen (secondary N) is 2. The van der Waals surface area contributed by atoms with Crippen molar-refractivity contribution in [3.8, 4) is 11.5 Å². The predicted molar refractivity (Wildman–Crippen MR) is 157 cm³/mol. The van der Waals surface area contributed by atoms with E-state index in [2.05, 4.69) is 25.9 Å². The Labute approximate surface area is 254 Å². The Hall–Kier alpha value is -3.80. The van der Waals surface area contributed by atoms with Crippen molar-refractivity contribution in [2.75, 3.05) is 19.8 Å². The number of aryl methyl sites for hydroxylation is 1. The van der Waals surface area contributed by atoms with Gasteiger partial charge in [-0.15, -0.1) is 10.2 Å². The van der Waals surface area contributed by atoms with E-state index in [1.165, 1.54) is 12.5 Å². The molecule has 3 aromatic rings. The van der Waals surface area contributed by atoms with Crippen LogP contribution in [-0.4, -0.2) is 63.0 Å². The van der Waals surface area contributed by atoms with Gasteiger partial charge in [0.2, 0.25) is 0 Å². The van der Waals surface area contributed by atoms with Gasteiger partial charge in [-0.25, -0.2) is 13.6 Å². The van der Waals surface area contributed by atoms with Crippen LogP contribution in [0.3, 0.4) is 0 Å². The van der Waals surface area contributed by atoms with E-state index in [4.69, 9.17) is 21.1 Å². The Morgan fingerprint density at radius 1 is 1.14 bits per heavy atom. The average molecular weight is 619 g/mol. The Morgan fingerprint density at radius 2 is 1.84 bits per heavy atom. The normalized spacial score (nSPS) is 15.7. The summed E-state index contributed by atoms with van der Waals surface area (Å²) in [5.74, 6) is -2.81. The van der Waals surface area contributed by atoms with Gasteiger partial charge in [0, 0.05) is 24.9 Å². The van der Waals surface area contributed by atoms with E-state index in [0.29, 0.717) is 12.0 Å². The molecule has 1 heterocycles. The van der Waals surface area contributed by atoms with Crippen molar-refractivity contribution in [2.24, 2.45) is 0 Å². The van der Waals surface area contributed by atoms with Crippen molar-refractivity contribution < 1.29 is 27.8 Å². The van der Waals surface area contributed by atoms with Crippen LogP contribution < -0.4 is 14.8 Å². The minimum atomic E-state index is -2.98. The second kappa shape index (κ2) is 13.7. The fourth-order valence-electron chi connectivity index (χ4n) is 5.49. The zero-order chi connectivity index (χ0) is 31.2. The molecule has 1 fully saturated rings. The first-order valence-corrected chi connectivity index (χ1v) is 14.8. The number of aromatic nitrogens is 4. The van der Waals surface area contributed by atoms with E-state index in [9.17, 15) is 18.4 Å². The molecule has 4 rings (SSSR count). The molecule has 1 aromatic heterocycles. The van der Waals surface area contributed by atoms with Crippen molar-refractivity contribution in [2.45, 2.75) is 77.3 Å². The number of alkyl halides is 2. The number of tetrazole rings is 1. The molecule has 43 heavy (non-hydrogen) atoms. The van der Waals surface area contributed by atoms with Crippen LogP contribution in [-0.2, 0) is 12.0 Å². The number of nitrogens with zero attached hydrogens (tertiary/aromatic N) is 4. The second-order valence-corrected chi connectivity index (χ2v) is 11.1. The lowest BCUT2D eigenvalue weighted by molar-refractivity contribution is -0.137. The van der Waals surface area contributed by atoms with Gasteiger partial charge < -0.3 is 19.7 Å². The molecule has 1 atom stereocenters. The van der Waals surface area contributed by atoms with Gasteiger partial charge >= 0.3 is 6.03 Å². The topological polar surface area (TPSA) is 122 Å². The quantitative estimate of drug-likeness (QED) is 0.161. The van der Waals surface area contributed by atoms with Gasteiger partial charge in [0.25, 0.3) is 5.92 Å². The fourth-order valence-corrected chi connectivity index (χ4v) is 5.85. The highest BCUT2D eigenvalue weighted by Gasteiger charge is 2.61. The Bertz CT molecular complexity index is 1400. The molecule has 2 amide bonds. The Kier molecular flexibility index (Phi) is 10.2. The number of ether oxygens (including phenoxy) is 2. The number of benzene rings is 2. The minimum absolute atomic E-state index is 0.00966. The molecule has 1 aliphatic carbocycles. The number of unbranched alkanes of at least 4 members (excludes halogenated alkanes) is 1. The molecule has 0 bridgehead atoms. The highest BCUT2D eigenvalue weighted by Crippen LogP contribution is 2.51. The van der Waals surface area contributed by atoms with Gasteiger partial charge in [-0.3, -0.25) is 4.79 Å². The van der Waals surface area contributed by atoms with Crippen molar-refractivity contribution in [1.82, 2.24) is 30.8 Å². The van der Waals surface area contributed by atoms with E-state index in [-0.39, 0.29) is 53.5 Å². The molecular formula is C30H37ClF2N6O4. The Morgan fingerprint density at radius 3 is 2.42 bits per heavy atom. The summed E-state index contributed by atoms with van der Waals surface area (Å²) in [5, 5.41) is 16.6. The van der Waals surface area contributed by atoms with Crippen molar-refractivity contribution in [3.63, 3.8) is 0 Å². The molecule has 10 nitrogen and oxygen atoms in total. The minimum Gasteiger partial charge on any atom is -0.493 e. The SMILES string of the molecule is CCOc1cc(C(C)N(CCCCc2ccccc2)C(=O)NC2(c3nn[nH]n3)CC(F)(F)C2)c(Cl)c(OCC)c1C(C)=O. The molecule has 0 radical (unpaired) electrons. The number of carbonyl (C=O) groups is 2. The molecule has 0 spiro atoms. The summed E-state index contributed by atoms with van der Waals surface area (Å²) in [6, 6.07) is 10.4. The molecule has 0 saturated heterocycles. The van der Waals surface area contributed by atoms with Crippen LogP contribution in [0.5, 0.6) is 11.5 Å². The molecule has 13 heteroatoms. The lowest BCUT2D eigenvalue weighted by atomic mass is 9.72. The number of Topliss-reactive ketones (excluding diaryl/α,β-unsaturated/α-hetero) is 1. The first-order valence-electron chi connectivity index (χ1n) is 14.4. The standard InChI is InChI=1S/C30H37ClF2N6O4/c1-5-42-23-16-22(25(31)26(43-6-2)24(23)20(4)40)19(3)39(15-11-10-14-21-12-8-7-9-13-21)28(41)34-29(17-30(32,33)18-29)27-35-37-38-36-27/h7-9,12-13,16,19H,5-6,10-11,14-15,17-18H2,1-4H3,(H,34,41)(H,35,36,37,38). The number of hydrogen-bond donors (Lipinski definition) is 2. The third-order valence-corrected chi connectivity index (χ3v) is 7.92. The monoisotopic (exact) mass is 618 g/mol. The molecule has 0 aliphatic heterocycles. The number of urea groups is 1. The van der Waals surface area contributed by atoms with E-state index < -0.39 is 36.4 Å². The lowest BCUT2D eigenvalue weighted by Gasteiger charge is -2.46. The number of aromatic amines is 1. The summed E-state index contributed by atoms with van der Waals surface area (Å²) in [5.41, 5.74) is 0.399. The van der Waals surface area contributed by atoms with Crippen LogP contribution in [0.2, 0.25) is 5.02 Å². The van der Waals surface area contributed by atoms with Gasteiger partial charge in [0.1, 0.15) is 16.9 Å². The van der Waals surface area contributed by atoms with Gasteiger partial charge in [-0.1, -0.05) is 47.1 Å². The van der Waals surface area contributed by atoms with Crippen LogP contribution >= 0.6 is 11.6 Å². The first kappa shape index (κ1) is 32.1. The van der Waals surface area contributed by atoms with E-state index in [0.717, 1.165) is 12.8 Å². The average Bonchev–Trinajstić information content (AvgIpc) is 3.49. The van der Waals surface area contributed by atoms with E-state index >= 15 is 0 Å². The van der Waals surface area contributed by atoms with Gasteiger partial charge in [-0.05, 0) is 58.6 Å². The smallest absolute Gasteiger partial charge is 0.318 e. The highest BCUT2D eigenvalue weighted by molar-refractivity contribution is 6.33. The first-order chi connectivity index (χ1) is 20.5. The molecule has 1 saturated carbocycles. The van der Waals surface area contributed by atoms with Gasteiger partial charge in [0.15, 0.2) is 17.4 Å². The number of amides is 2. The maximum atomic E-state index is 14.2. The Balaban J connectivity index is 1.67. The molecular weight excluding hydrogens is 582 g/mol. The van der Waals surface area contributed by atoms with Crippen molar-refractivity contribution in [1.29, 1.82) is 0 Å². The molecule has 1 unspecified atom stereocenters. The summed E-state index contributed by atoms with van der Waals surface area (Å²) < 4.78 is 40.0. The largest absolute Gasteiger partial charge is 0.493 e. The summed E-state index contributed by atoms with van der Waals surface area (Å²) >= 11 is 6.86. The van der Waals surface area contributed by atoms with Gasteiger partial charge in [-0.2, -0.15) is 5.21 Å². The number of H-pyrrole nitrogens is 1. The number of ketones is 1.